The van der Waals surface area contributed by atoms with Gasteiger partial charge in [-0.05, 0) is 35.4 Å². The van der Waals surface area contributed by atoms with Crippen molar-refractivity contribution in [2.45, 2.75) is 0 Å². The second-order valence-electron chi connectivity index (χ2n) is 5.79. The van der Waals surface area contributed by atoms with E-state index < -0.39 is 0 Å². The maximum absolute atomic E-state index is 12.4. The average molecular weight is 324 g/mol. The van der Waals surface area contributed by atoms with Gasteiger partial charge in [0, 0.05) is 11.1 Å². The van der Waals surface area contributed by atoms with Crippen LogP contribution in [0.1, 0.15) is 10.5 Å². The summed E-state index contributed by atoms with van der Waals surface area (Å²) in [6, 6.07) is 29.4. The van der Waals surface area contributed by atoms with Crippen LogP contribution in [-0.4, -0.2) is 10.9 Å². The van der Waals surface area contributed by atoms with E-state index in [4.69, 9.17) is 0 Å². The number of nitrogens with one attached hydrogen (secondary N) is 1. The van der Waals surface area contributed by atoms with Crippen LogP contribution in [0.5, 0.6) is 0 Å². The molecule has 0 aliphatic heterocycles. The monoisotopic (exact) mass is 324 g/mol. The number of nitrogens with zero attached hydrogens (tertiary/aromatic N) is 1. The lowest BCUT2D eigenvalue weighted by molar-refractivity contribution is 0.102. The van der Waals surface area contributed by atoms with Crippen LogP contribution < -0.4 is 5.32 Å². The number of carbonyl (C=O) groups is 1. The standard InChI is InChI=1S/C22H16N2O/c25-22(21-15-12-18-8-4-5-9-20(18)24-21)23-19-13-10-17(11-14-19)16-6-2-1-3-7-16/h1-15H,(H,23,25). The molecule has 0 radical (unpaired) electrons. The highest BCUT2D eigenvalue weighted by atomic mass is 16.1. The zero-order valence-corrected chi connectivity index (χ0v) is 13.5. The molecule has 1 heterocycles. The molecule has 0 atom stereocenters. The second-order valence-corrected chi connectivity index (χ2v) is 5.79. The molecule has 0 fully saturated rings. The van der Waals surface area contributed by atoms with Gasteiger partial charge in [0.05, 0.1) is 5.52 Å². The molecule has 1 amide bonds. The van der Waals surface area contributed by atoms with E-state index in [1.54, 1.807) is 6.07 Å². The lowest BCUT2D eigenvalue weighted by Crippen LogP contribution is -2.13. The molecule has 0 aliphatic carbocycles. The maximum Gasteiger partial charge on any atom is 0.274 e. The van der Waals surface area contributed by atoms with Gasteiger partial charge in [0.1, 0.15) is 5.69 Å². The van der Waals surface area contributed by atoms with Crippen molar-refractivity contribution in [3.8, 4) is 11.1 Å². The summed E-state index contributed by atoms with van der Waals surface area (Å²) in [5.41, 5.74) is 4.24. The summed E-state index contributed by atoms with van der Waals surface area (Å²) in [6.45, 7) is 0. The zero-order valence-electron chi connectivity index (χ0n) is 13.5. The number of pyridine rings is 1. The number of hydrogen-bond acceptors (Lipinski definition) is 2. The molecular formula is C22H16N2O. The van der Waals surface area contributed by atoms with E-state index in [1.807, 2.05) is 72.8 Å². The number of benzene rings is 3. The van der Waals surface area contributed by atoms with Crippen LogP contribution in [0, 0.1) is 0 Å². The lowest BCUT2D eigenvalue weighted by Gasteiger charge is -2.07. The Morgan fingerprint density at radius 1 is 0.680 bits per heavy atom. The van der Waals surface area contributed by atoms with Gasteiger partial charge in [-0.1, -0.05) is 66.7 Å². The van der Waals surface area contributed by atoms with Gasteiger partial charge in [-0.15, -0.1) is 0 Å². The van der Waals surface area contributed by atoms with Crippen LogP contribution in [0.4, 0.5) is 5.69 Å². The quantitative estimate of drug-likeness (QED) is 0.566. The second kappa shape index (κ2) is 6.57. The van der Waals surface area contributed by atoms with E-state index in [0.29, 0.717) is 5.69 Å². The summed E-state index contributed by atoms with van der Waals surface area (Å²) in [7, 11) is 0. The van der Waals surface area contributed by atoms with E-state index >= 15 is 0 Å². The van der Waals surface area contributed by atoms with Gasteiger partial charge in [0.2, 0.25) is 0 Å². The van der Waals surface area contributed by atoms with Crippen LogP contribution >= 0.6 is 0 Å². The minimum Gasteiger partial charge on any atom is -0.321 e. The Morgan fingerprint density at radius 3 is 2.16 bits per heavy atom. The Bertz CT molecular complexity index is 1020. The molecule has 25 heavy (non-hydrogen) atoms. The molecule has 0 aliphatic rings. The Morgan fingerprint density at radius 2 is 1.36 bits per heavy atom. The largest absolute Gasteiger partial charge is 0.321 e. The van der Waals surface area contributed by atoms with E-state index in [9.17, 15) is 4.79 Å². The Hall–Kier alpha value is -3.46. The molecule has 1 N–H and O–H groups in total. The number of para-hydroxylation sites is 1. The molecule has 0 spiro atoms. The molecule has 0 saturated heterocycles. The number of amides is 1. The Labute approximate surface area is 146 Å². The van der Waals surface area contributed by atoms with Crippen molar-refractivity contribution in [2.24, 2.45) is 0 Å². The predicted molar refractivity (Wildman–Crippen MR) is 102 cm³/mol. The van der Waals surface area contributed by atoms with Crippen LogP contribution in [-0.2, 0) is 0 Å². The third kappa shape index (κ3) is 3.26. The lowest BCUT2D eigenvalue weighted by atomic mass is 10.1. The number of aromatic nitrogens is 1. The fourth-order valence-corrected chi connectivity index (χ4v) is 2.76. The minimum absolute atomic E-state index is 0.210. The van der Waals surface area contributed by atoms with Crippen molar-refractivity contribution in [3.63, 3.8) is 0 Å². The van der Waals surface area contributed by atoms with Gasteiger partial charge >= 0.3 is 0 Å². The van der Waals surface area contributed by atoms with Crippen molar-refractivity contribution >= 4 is 22.5 Å². The SMILES string of the molecule is O=C(Nc1ccc(-c2ccccc2)cc1)c1ccc2ccccc2n1. The topological polar surface area (TPSA) is 42.0 Å². The first-order valence-electron chi connectivity index (χ1n) is 8.12. The van der Waals surface area contributed by atoms with Crippen molar-refractivity contribution in [1.29, 1.82) is 0 Å². The van der Waals surface area contributed by atoms with Crippen molar-refractivity contribution in [3.05, 3.63) is 96.7 Å². The number of rotatable bonds is 3. The predicted octanol–water partition coefficient (Wildman–Crippen LogP) is 5.15. The molecule has 0 unspecified atom stereocenters. The van der Waals surface area contributed by atoms with Gasteiger partial charge in [0.25, 0.3) is 5.91 Å². The molecular weight excluding hydrogens is 308 g/mol. The molecule has 1 aromatic heterocycles. The zero-order chi connectivity index (χ0) is 17.1. The summed E-state index contributed by atoms with van der Waals surface area (Å²) in [4.78, 5) is 16.9. The van der Waals surface area contributed by atoms with Crippen molar-refractivity contribution in [2.75, 3.05) is 5.32 Å². The van der Waals surface area contributed by atoms with Crippen LogP contribution in [0.3, 0.4) is 0 Å². The molecule has 4 aromatic rings. The first kappa shape index (κ1) is 15.1. The summed E-state index contributed by atoms with van der Waals surface area (Å²) in [5, 5.41) is 3.92. The fraction of sp³-hybridized carbons (Fsp3) is 0. The molecule has 120 valence electrons. The van der Waals surface area contributed by atoms with E-state index in [1.165, 1.54) is 0 Å². The highest BCUT2D eigenvalue weighted by Gasteiger charge is 2.08. The highest BCUT2D eigenvalue weighted by molar-refractivity contribution is 6.04. The number of carbonyl (C=O) groups excluding carboxylic acids is 1. The third-order valence-electron chi connectivity index (χ3n) is 4.08. The molecule has 3 aromatic carbocycles. The molecule has 0 bridgehead atoms. The van der Waals surface area contributed by atoms with Gasteiger partial charge in [0.15, 0.2) is 0 Å². The number of anilines is 1. The van der Waals surface area contributed by atoms with Gasteiger partial charge in [-0.2, -0.15) is 0 Å². The Kier molecular flexibility index (Phi) is 3.97. The summed E-state index contributed by atoms with van der Waals surface area (Å²) >= 11 is 0. The molecule has 4 rings (SSSR count). The van der Waals surface area contributed by atoms with Gasteiger partial charge in [-0.3, -0.25) is 4.79 Å². The molecule has 3 nitrogen and oxygen atoms in total. The van der Waals surface area contributed by atoms with Crippen LogP contribution in [0.2, 0.25) is 0 Å². The maximum atomic E-state index is 12.4. The molecule has 0 saturated carbocycles. The van der Waals surface area contributed by atoms with Crippen LogP contribution in [0.25, 0.3) is 22.0 Å². The van der Waals surface area contributed by atoms with Crippen molar-refractivity contribution in [1.82, 2.24) is 4.98 Å². The smallest absolute Gasteiger partial charge is 0.274 e. The van der Waals surface area contributed by atoms with Gasteiger partial charge < -0.3 is 5.32 Å². The fourth-order valence-electron chi connectivity index (χ4n) is 2.76. The first-order valence-corrected chi connectivity index (χ1v) is 8.12. The Balaban J connectivity index is 1.53. The third-order valence-corrected chi connectivity index (χ3v) is 4.08. The highest BCUT2D eigenvalue weighted by Crippen LogP contribution is 2.21. The van der Waals surface area contributed by atoms with E-state index in [-0.39, 0.29) is 5.91 Å². The van der Waals surface area contributed by atoms with E-state index in [2.05, 4.69) is 22.4 Å². The first-order chi connectivity index (χ1) is 12.3. The number of hydrogen-bond donors (Lipinski definition) is 1. The van der Waals surface area contributed by atoms with Crippen LogP contribution in [0.15, 0.2) is 91.0 Å². The van der Waals surface area contributed by atoms with Gasteiger partial charge in [-0.25, -0.2) is 4.98 Å². The molecule has 3 heteroatoms. The normalized spacial score (nSPS) is 10.6. The summed E-state index contributed by atoms with van der Waals surface area (Å²) in [5.74, 6) is -0.210. The van der Waals surface area contributed by atoms with E-state index in [0.717, 1.165) is 27.7 Å². The number of fused-ring (bicyclic) bond motifs is 1. The summed E-state index contributed by atoms with van der Waals surface area (Å²) < 4.78 is 0. The average Bonchev–Trinajstić information content (AvgIpc) is 2.69. The minimum atomic E-state index is -0.210. The summed E-state index contributed by atoms with van der Waals surface area (Å²) in [6.07, 6.45) is 0. The van der Waals surface area contributed by atoms with Crippen molar-refractivity contribution < 1.29 is 4.79 Å².